The molecule has 4 heteroatoms. The molecule has 0 bridgehead atoms. The fraction of sp³-hybridized carbons (Fsp3) is 0.0909. The van der Waals surface area contributed by atoms with E-state index in [4.69, 9.17) is 5.11 Å². The summed E-state index contributed by atoms with van der Waals surface area (Å²) in [5.41, 5.74) is 2.47. The van der Waals surface area contributed by atoms with Gasteiger partial charge in [-0.25, -0.2) is 9.50 Å². The van der Waals surface area contributed by atoms with Crippen molar-refractivity contribution >= 4 is 16.6 Å². The molecular weight excluding hydrogens is 190 g/mol. The van der Waals surface area contributed by atoms with Crippen LogP contribution in [0.1, 0.15) is 5.56 Å². The van der Waals surface area contributed by atoms with E-state index in [0.717, 1.165) is 22.1 Å². The first kappa shape index (κ1) is 8.38. The summed E-state index contributed by atoms with van der Waals surface area (Å²) < 4.78 is 1.75. The fourth-order valence-corrected chi connectivity index (χ4v) is 1.72. The smallest absolute Gasteiger partial charge is 0.161 e. The van der Waals surface area contributed by atoms with Gasteiger partial charge in [-0.05, 0) is 6.07 Å². The Hall–Kier alpha value is -1.94. The molecule has 0 aliphatic carbocycles. The Bertz CT molecular complexity index is 630. The molecule has 0 saturated heterocycles. The van der Waals surface area contributed by atoms with Gasteiger partial charge in [-0.2, -0.15) is 5.10 Å². The van der Waals surface area contributed by atoms with Crippen molar-refractivity contribution in [1.29, 1.82) is 0 Å². The number of aliphatic hydroxyl groups is 1. The van der Waals surface area contributed by atoms with Gasteiger partial charge < -0.3 is 5.11 Å². The predicted molar refractivity (Wildman–Crippen MR) is 56.4 cm³/mol. The summed E-state index contributed by atoms with van der Waals surface area (Å²) in [7, 11) is 0. The highest BCUT2D eigenvalue weighted by Crippen LogP contribution is 2.16. The molecule has 0 fully saturated rings. The first-order chi connectivity index (χ1) is 7.40. The summed E-state index contributed by atoms with van der Waals surface area (Å²) in [5.74, 6) is 0. The van der Waals surface area contributed by atoms with Crippen molar-refractivity contribution in [1.82, 2.24) is 14.6 Å². The van der Waals surface area contributed by atoms with Gasteiger partial charge in [-0.15, -0.1) is 0 Å². The van der Waals surface area contributed by atoms with E-state index in [1.54, 1.807) is 16.9 Å². The predicted octanol–water partition coefficient (Wildman–Crippen LogP) is 1.37. The molecule has 2 heterocycles. The Morgan fingerprint density at radius 2 is 2.07 bits per heavy atom. The fourth-order valence-electron chi connectivity index (χ4n) is 1.72. The van der Waals surface area contributed by atoms with E-state index in [9.17, 15) is 0 Å². The third kappa shape index (κ3) is 1.12. The van der Waals surface area contributed by atoms with Gasteiger partial charge >= 0.3 is 0 Å². The van der Waals surface area contributed by atoms with E-state index in [1.807, 2.05) is 24.3 Å². The Morgan fingerprint density at radius 1 is 1.20 bits per heavy atom. The lowest BCUT2D eigenvalue weighted by molar-refractivity contribution is 0.283. The maximum Gasteiger partial charge on any atom is 0.161 e. The molecule has 15 heavy (non-hydrogen) atoms. The standard InChI is InChI=1S/C11H9N3O/c15-7-9-6-13-14-10-4-2-1-3-8(10)5-12-11(9)14/h1-6,15H,7H2. The number of para-hydroxylation sites is 1. The summed E-state index contributed by atoms with van der Waals surface area (Å²) in [5, 5.41) is 14.4. The lowest BCUT2D eigenvalue weighted by Crippen LogP contribution is -1.93. The van der Waals surface area contributed by atoms with Crippen LogP contribution in [0.15, 0.2) is 36.7 Å². The van der Waals surface area contributed by atoms with E-state index < -0.39 is 0 Å². The average molecular weight is 199 g/mol. The van der Waals surface area contributed by atoms with Crippen molar-refractivity contribution in [2.75, 3.05) is 0 Å². The topological polar surface area (TPSA) is 50.4 Å². The SMILES string of the molecule is OCc1cnn2c1ncc1ccccc12. The number of hydrogen-bond acceptors (Lipinski definition) is 3. The summed E-state index contributed by atoms with van der Waals surface area (Å²) in [4.78, 5) is 4.28. The number of rotatable bonds is 1. The molecule has 4 nitrogen and oxygen atoms in total. The van der Waals surface area contributed by atoms with Gasteiger partial charge in [-0.3, -0.25) is 0 Å². The highest BCUT2D eigenvalue weighted by atomic mass is 16.3. The van der Waals surface area contributed by atoms with Crippen molar-refractivity contribution < 1.29 is 5.11 Å². The molecule has 0 unspecified atom stereocenters. The van der Waals surface area contributed by atoms with Crippen molar-refractivity contribution in [3.63, 3.8) is 0 Å². The maximum absolute atomic E-state index is 9.10. The Morgan fingerprint density at radius 3 is 2.93 bits per heavy atom. The molecule has 74 valence electrons. The van der Waals surface area contributed by atoms with Crippen LogP contribution in [0.4, 0.5) is 0 Å². The summed E-state index contributed by atoms with van der Waals surface area (Å²) in [6.45, 7) is -0.0329. The number of aliphatic hydroxyl groups excluding tert-OH is 1. The van der Waals surface area contributed by atoms with Crippen molar-refractivity contribution in [2.24, 2.45) is 0 Å². The van der Waals surface area contributed by atoms with Gasteiger partial charge in [0, 0.05) is 17.1 Å². The van der Waals surface area contributed by atoms with E-state index in [2.05, 4.69) is 10.1 Å². The van der Waals surface area contributed by atoms with Gasteiger partial charge in [0.05, 0.1) is 18.3 Å². The number of nitrogens with zero attached hydrogens (tertiary/aromatic N) is 3. The number of fused-ring (bicyclic) bond motifs is 3. The number of benzene rings is 1. The normalized spacial score (nSPS) is 11.3. The van der Waals surface area contributed by atoms with Crippen LogP contribution in [0, 0.1) is 0 Å². The number of hydrogen-bond donors (Lipinski definition) is 1. The van der Waals surface area contributed by atoms with Crippen LogP contribution in [0.2, 0.25) is 0 Å². The molecule has 0 radical (unpaired) electrons. The second-order valence-electron chi connectivity index (χ2n) is 3.38. The minimum absolute atomic E-state index is 0.0329. The Balaban J connectivity index is 2.50. The second-order valence-corrected chi connectivity index (χ2v) is 3.38. The summed E-state index contributed by atoms with van der Waals surface area (Å²) >= 11 is 0. The van der Waals surface area contributed by atoms with Crippen LogP contribution >= 0.6 is 0 Å². The van der Waals surface area contributed by atoms with E-state index in [-0.39, 0.29) is 6.61 Å². The lowest BCUT2D eigenvalue weighted by atomic mass is 10.2. The molecule has 1 N–H and O–H groups in total. The summed E-state index contributed by atoms with van der Waals surface area (Å²) in [6.07, 6.45) is 3.44. The molecule has 3 rings (SSSR count). The van der Waals surface area contributed by atoms with Gasteiger partial charge in [0.15, 0.2) is 5.65 Å². The van der Waals surface area contributed by atoms with Crippen LogP contribution in [0.5, 0.6) is 0 Å². The zero-order valence-corrected chi connectivity index (χ0v) is 7.96. The second kappa shape index (κ2) is 3.03. The molecule has 0 amide bonds. The average Bonchev–Trinajstić information content (AvgIpc) is 2.72. The first-order valence-electron chi connectivity index (χ1n) is 4.71. The highest BCUT2D eigenvalue weighted by molar-refractivity contribution is 5.80. The molecule has 2 aromatic heterocycles. The zero-order valence-electron chi connectivity index (χ0n) is 7.96. The van der Waals surface area contributed by atoms with Crippen LogP contribution in [-0.4, -0.2) is 19.7 Å². The molecule has 0 spiro atoms. The summed E-state index contributed by atoms with van der Waals surface area (Å²) in [6, 6.07) is 7.90. The third-order valence-corrected chi connectivity index (χ3v) is 2.48. The Kier molecular flexibility index (Phi) is 1.69. The van der Waals surface area contributed by atoms with Crippen LogP contribution in [0.25, 0.3) is 16.6 Å². The van der Waals surface area contributed by atoms with Crippen LogP contribution in [-0.2, 0) is 6.61 Å². The minimum atomic E-state index is -0.0329. The third-order valence-electron chi connectivity index (χ3n) is 2.48. The zero-order chi connectivity index (χ0) is 10.3. The van der Waals surface area contributed by atoms with Crippen molar-refractivity contribution in [3.05, 3.63) is 42.2 Å². The number of aromatic nitrogens is 3. The quantitative estimate of drug-likeness (QED) is 0.644. The lowest BCUT2D eigenvalue weighted by Gasteiger charge is -2.00. The monoisotopic (exact) mass is 199 g/mol. The molecule has 0 saturated carbocycles. The van der Waals surface area contributed by atoms with Gasteiger partial charge in [0.2, 0.25) is 0 Å². The molecular formula is C11H9N3O. The highest BCUT2D eigenvalue weighted by Gasteiger charge is 2.06. The Labute approximate surface area is 85.8 Å². The molecule has 0 atom stereocenters. The molecule has 1 aromatic carbocycles. The van der Waals surface area contributed by atoms with Crippen molar-refractivity contribution in [2.45, 2.75) is 6.61 Å². The van der Waals surface area contributed by atoms with Gasteiger partial charge in [0.25, 0.3) is 0 Å². The molecule has 0 aliphatic rings. The van der Waals surface area contributed by atoms with E-state index >= 15 is 0 Å². The van der Waals surface area contributed by atoms with Crippen LogP contribution in [0.3, 0.4) is 0 Å². The largest absolute Gasteiger partial charge is 0.391 e. The van der Waals surface area contributed by atoms with E-state index in [0.29, 0.717) is 0 Å². The van der Waals surface area contributed by atoms with Gasteiger partial charge in [0.1, 0.15) is 0 Å². The maximum atomic E-state index is 9.10. The van der Waals surface area contributed by atoms with E-state index in [1.165, 1.54) is 0 Å². The van der Waals surface area contributed by atoms with Crippen LogP contribution < -0.4 is 0 Å². The minimum Gasteiger partial charge on any atom is -0.391 e. The molecule has 0 aliphatic heterocycles. The van der Waals surface area contributed by atoms with Crippen molar-refractivity contribution in [3.8, 4) is 0 Å². The first-order valence-corrected chi connectivity index (χ1v) is 4.71. The molecule has 3 aromatic rings. The van der Waals surface area contributed by atoms with Gasteiger partial charge in [-0.1, -0.05) is 18.2 Å².